The van der Waals surface area contributed by atoms with E-state index in [9.17, 15) is 0 Å². The second-order valence-corrected chi connectivity index (χ2v) is 21.5. The number of fused-ring (bicyclic) bond motifs is 5. The van der Waals surface area contributed by atoms with Crippen LogP contribution in [0, 0.1) is 46.3 Å². The number of hydrogen-bond donors (Lipinski definition) is 0. The van der Waals surface area contributed by atoms with Gasteiger partial charge in [0.05, 0.1) is 31.7 Å². The summed E-state index contributed by atoms with van der Waals surface area (Å²) in [4.78, 5) is 4.25. The second-order valence-electron chi connectivity index (χ2n) is 21.5. The van der Waals surface area contributed by atoms with Gasteiger partial charge >= 0.3 is 0 Å². The molecule has 4 aliphatic rings. The number of aromatic nitrogens is 2. The van der Waals surface area contributed by atoms with Gasteiger partial charge in [-0.25, -0.2) is 4.98 Å². The summed E-state index contributed by atoms with van der Waals surface area (Å²) in [5, 5.41) is 0. The van der Waals surface area contributed by atoms with Crippen molar-refractivity contribution < 1.29 is 14.2 Å². The van der Waals surface area contributed by atoms with Crippen molar-refractivity contribution in [2.75, 3.05) is 26.4 Å². The Balaban J connectivity index is 0.916. The molecule has 4 aliphatic carbocycles. The van der Waals surface area contributed by atoms with Crippen molar-refractivity contribution in [2.24, 2.45) is 46.3 Å². The molecule has 344 valence electrons. The molecule has 3 fully saturated rings. The molecule has 0 spiro atoms. The molecule has 1 aromatic heterocycles. The topological polar surface area (TPSA) is 45.5 Å². The fourth-order valence-electron chi connectivity index (χ4n) is 12.9. The highest BCUT2D eigenvalue weighted by Crippen LogP contribution is 2.67. The van der Waals surface area contributed by atoms with Crippen LogP contribution in [-0.4, -0.2) is 48.2 Å². The highest BCUT2D eigenvalue weighted by atomic mass is 16.5. The summed E-state index contributed by atoms with van der Waals surface area (Å²) < 4.78 is 21.3. The van der Waals surface area contributed by atoms with Crippen molar-refractivity contribution in [3.05, 3.63) is 42.5 Å². The van der Waals surface area contributed by atoms with Crippen LogP contribution in [0.1, 0.15) is 215 Å². The summed E-state index contributed by atoms with van der Waals surface area (Å²) in [6, 6.07) is 0. The molecule has 1 aromatic rings. The maximum atomic E-state index is 6.61. The Morgan fingerprint density at radius 2 is 1.48 bits per heavy atom. The van der Waals surface area contributed by atoms with Crippen LogP contribution in [0.3, 0.4) is 0 Å². The number of hydrogen-bond acceptors (Lipinski definition) is 4. The first-order valence-electron chi connectivity index (χ1n) is 26.4. The molecule has 7 unspecified atom stereocenters. The van der Waals surface area contributed by atoms with E-state index in [1.54, 1.807) is 5.57 Å². The monoisotopic (exact) mass is 833 g/mol. The van der Waals surface area contributed by atoms with E-state index in [-0.39, 0.29) is 6.10 Å². The van der Waals surface area contributed by atoms with Gasteiger partial charge in [0.2, 0.25) is 0 Å². The number of unbranched alkanes of at least 4 members (excludes halogenated alkanes) is 13. The maximum absolute atomic E-state index is 6.61. The fraction of sp³-hybridized carbons (Fsp3) is 0.873. The van der Waals surface area contributed by atoms with Crippen LogP contribution in [0.5, 0.6) is 0 Å². The quantitative estimate of drug-likeness (QED) is 0.0536. The summed E-state index contributed by atoms with van der Waals surface area (Å²) in [6.07, 6.45) is 49.7. The first kappa shape index (κ1) is 49.6. The molecule has 5 rings (SSSR count). The Morgan fingerprint density at radius 1 is 0.767 bits per heavy atom. The van der Waals surface area contributed by atoms with Gasteiger partial charge < -0.3 is 18.8 Å². The van der Waals surface area contributed by atoms with Gasteiger partial charge in [-0.3, -0.25) is 0 Å². The number of nitrogens with zero attached hydrogens (tertiary/aromatic N) is 2. The zero-order valence-corrected chi connectivity index (χ0v) is 40.3. The molecule has 5 heteroatoms. The summed E-state index contributed by atoms with van der Waals surface area (Å²) in [6.45, 7) is 18.9. The van der Waals surface area contributed by atoms with E-state index in [1.807, 2.05) is 18.7 Å². The van der Waals surface area contributed by atoms with Gasteiger partial charge in [0.25, 0.3) is 0 Å². The molecule has 0 aliphatic heterocycles. The van der Waals surface area contributed by atoms with Gasteiger partial charge in [-0.1, -0.05) is 142 Å². The molecule has 1 heterocycles. The summed E-state index contributed by atoms with van der Waals surface area (Å²) in [5.41, 5.74) is 2.72. The molecule has 5 nitrogen and oxygen atoms in total. The lowest BCUT2D eigenvalue weighted by Crippen LogP contribution is -2.51. The number of allylic oxidation sites excluding steroid dienone is 3. The van der Waals surface area contributed by atoms with Crippen molar-refractivity contribution in [3.63, 3.8) is 0 Å². The standard InChI is InChI=1S/C55H96N2O3/c1-7-8-9-10-11-12-13-14-15-16-17-18-19-20-21-22-38-58-43-49(42-57-37-36-56-44-57)60-40-24-23-39-59-48-32-34-54(5)47(41-48)28-29-50-52-31-30-51(46(4)27-25-26-45(2)3)55(52,6)35-33-53(50)54/h14-15,28,36-37,44-46,48-53H,7-13,16-27,29-35,38-43H2,1-6H3/b15-14-/t46?,48-,49?,50?,51?,52?,53?,54-,55?/m0/s1. The van der Waals surface area contributed by atoms with Gasteiger partial charge in [-0.15, -0.1) is 0 Å². The smallest absolute Gasteiger partial charge is 0.0987 e. The van der Waals surface area contributed by atoms with Gasteiger partial charge in [0.15, 0.2) is 0 Å². The van der Waals surface area contributed by atoms with Crippen LogP contribution in [0.2, 0.25) is 0 Å². The molecule has 0 radical (unpaired) electrons. The summed E-state index contributed by atoms with van der Waals surface area (Å²) >= 11 is 0. The van der Waals surface area contributed by atoms with E-state index in [4.69, 9.17) is 14.2 Å². The minimum absolute atomic E-state index is 0.0539. The molecule has 9 atom stereocenters. The Morgan fingerprint density at radius 3 is 2.22 bits per heavy atom. The lowest BCUT2D eigenvalue weighted by molar-refractivity contribution is -0.0648. The van der Waals surface area contributed by atoms with Crippen LogP contribution < -0.4 is 0 Å². The fourth-order valence-corrected chi connectivity index (χ4v) is 12.9. The van der Waals surface area contributed by atoms with Gasteiger partial charge in [-0.05, 0) is 143 Å². The molecule has 0 saturated heterocycles. The van der Waals surface area contributed by atoms with Crippen molar-refractivity contribution in [3.8, 4) is 0 Å². The lowest BCUT2D eigenvalue weighted by Gasteiger charge is -2.58. The van der Waals surface area contributed by atoms with E-state index >= 15 is 0 Å². The number of rotatable bonds is 32. The first-order valence-corrected chi connectivity index (χ1v) is 26.4. The normalized spacial score (nSPS) is 28.8. The molecule has 0 N–H and O–H groups in total. The average Bonchev–Trinajstić information content (AvgIpc) is 3.88. The second kappa shape index (κ2) is 27.0. The van der Waals surface area contributed by atoms with E-state index in [2.05, 4.69) is 69.3 Å². The van der Waals surface area contributed by atoms with Crippen LogP contribution >= 0.6 is 0 Å². The first-order chi connectivity index (χ1) is 29.2. The highest BCUT2D eigenvalue weighted by molar-refractivity contribution is 5.25. The SMILES string of the molecule is CCCCCCCC/C=C\CCCCCCCCOCC(Cn1ccnc1)OCCCCO[C@H]1CC[C@@]2(C)C(=CCC3C4CCC(C(C)CCCC(C)C)C4(C)CCC32)C1. The minimum atomic E-state index is 0.0539. The Hall–Kier alpha value is -1.43. The highest BCUT2D eigenvalue weighted by Gasteiger charge is 2.59. The van der Waals surface area contributed by atoms with E-state index in [1.165, 1.54) is 148 Å². The molecule has 3 saturated carbocycles. The Kier molecular flexibility index (Phi) is 22.3. The van der Waals surface area contributed by atoms with Gasteiger partial charge in [-0.2, -0.15) is 0 Å². The third-order valence-electron chi connectivity index (χ3n) is 16.6. The Labute approximate surface area is 371 Å². The molecule has 0 amide bonds. The van der Waals surface area contributed by atoms with E-state index < -0.39 is 0 Å². The summed E-state index contributed by atoms with van der Waals surface area (Å²) in [5.74, 6) is 5.40. The summed E-state index contributed by atoms with van der Waals surface area (Å²) in [7, 11) is 0. The molecule has 0 bridgehead atoms. The molecular weight excluding hydrogens is 737 g/mol. The van der Waals surface area contributed by atoms with Gasteiger partial charge in [0, 0.05) is 32.2 Å². The van der Waals surface area contributed by atoms with Crippen molar-refractivity contribution in [1.29, 1.82) is 0 Å². The Bertz CT molecular complexity index is 1320. The average molecular weight is 833 g/mol. The molecule has 60 heavy (non-hydrogen) atoms. The maximum Gasteiger partial charge on any atom is 0.0987 e. The third kappa shape index (κ3) is 15.4. The van der Waals surface area contributed by atoms with Crippen LogP contribution in [0.15, 0.2) is 42.5 Å². The largest absolute Gasteiger partial charge is 0.379 e. The van der Waals surface area contributed by atoms with Crippen LogP contribution in [-0.2, 0) is 20.8 Å². The zero-order chi connectivity index (χ0) is 42.5. The lowest BCUT2D eigenvalue weighted by atomic mass is 9.47. The predicted octanol–water partition coefficient (Wildman–Crippen LogP) is 15.5. The van der Waals surface area contributed by atoms with Gasteiger partial charge in [0.1, 0.15) is 0 Å². The molecule has 0 aromatic carbocycles. The molecular formula is C55H96N2O3. The van der Waals surface area contributed by atoms with E-state index in [0.717, 1.165) is 87.6 Å². The van der Waals surface area contributed by atoms with Crippen LogP contribution in [0.25, 0.3) is 0 Å². The zero-order valence-electron chi connectivity index (χ0n) is 40.3. The number of imidazole rings is 1. The number of ether oxygens (including phenoxy) is 3. The third-order valence-corrected chi connectivity index (χ3v) is 16.6. The minimum Gasteiger partial charge on any atom is -0.379 e. The predicted molar refractivity (Wildman–Crippen MR) is 254 cm³/mol. The van der Waals surface area contributed by atoms with Crippen molar-refractivity contribution >= 4 is 0 Å². The van der Waals surface area contributed by atoms with Crippen molar-refractivity contribution in [1.82, 2.24) is 9.55 Å². The van der Waals surface area contributed by atoms with Crippen molar-refractivity contribution in [2.45, 2.75) is 234 Å². The van der Waals surface area contributed by atoms with E-state index in [0.29, 0.717) is 23.5 Å². The van der Waals surface area contributed by atoms with Crippen LogP contribution in [0.4, 0.5) is 0 Å².